The summed E-state index contributed by atoms with van der Waals surface area (Å²) in [5.41, 5.74) is 1.54. The van der Waals surface area contributed by atoms with Crippen LogP contribution in [0.5, 0.6) is 5.75 Å². The van der Waals surface area contributed by atoms with Crippen molar-refractivity contribution in [2.75, 3.05) is 6.61 Å². The number of rotatable bonds is 5. The molecule has 1 fully saturated rings. The molecule has 24 heavy (non-hydrogen) atoms. The third kappa shape index (κ3) is 3.75. The van der Waals surface area contributed by atoms with Crippen molar-refractivity contribution in [2.45, 2.75) is 31.2 Å². The van der Waals surface area contributed by atoms with Crippen molar-refractivity contribution in [2.24, 2.45) is 0 Å². The third-order valence-corrected chi connectivity index (χ3v) is 4.38. The monoisotopic (exact) mass is 320 g/mol. The van der Waals surface area contributed by atoms with E-state index in [0.29, 0.717) is 5.75 Å². The molecule has 1 aliphatic carbocycles. The molecule has 1 N–H and O–H groups in total. The van der Waals surface area contributed by atoms with E-state index < -0.39 is 5.54 Å². The number of ether oxygens (including phenoxy) is 1. The number of benzene rings is 2. The largest absolute Gasteiger partial charge is 0.484 e. The van der Waals surface area contributed by atoms with Crippen LogP contribution >= 0.6 is 0 Å². The lowest BCUT2D eigenvalue weighted by Gasteiger charge is -2.21. The van der Waals surface area contributed by atoms with Gasteiger partial charge in [0.05, 0.1) is 6.07 Å². The Morgan fingerprint density at radius 1 is 1.04 bits per heavy atom. The molecule has 122 valence electrons. The zero-order chi connectivity index (χ0) is 16.8. The van der Waals surface area contributed by atoms with E-state index in [1.165, 1.54) is 0 Å². The second kappa shape index (κ2) is 7.18. The Kier molecular flexibility index (Phi) is 4.81. The van der Waals surface area contributed by atoms with Gasteiger partial charge >= 0.3 is 0 Å². The minimum Gasteiger partial charge on any atom is -0.484 e. The molecule has 2 aromatic rings. The lowest BCUT2D eigenvalue weighted by Crippen LogP contribution is -2.47. The summed E-state index contributed by atoms with van der Waals surface area (Å²) < 4.78 is 5.54. The topological polar surface area (TPSA) is 62.1 Å². The second-order valence-electron chi connectivity index (χ2n) is 6.13. The van der Waals surface area contributed by atoms with E-state index in [1.54, 1.807) is 0 Å². The molecule has 1 amide bonds. The Balaban J connectivity index is 1.55. The lowest BCUT2D eigenvalue weighted by molar-refractivity contribution is -0.124. The highest BCUT2D eigenvalue weighted by Crippen LogP contribution is 2.28. The van der Waals surface area contributed by atoms with Crippen molar-refractivity contribution in [3.8, 4) is 22.9 Å². The highest BCUT2D eigenvalue weighted by atomic mass is 16.5. The van der Waals surface area contributed by atoms with E-state index in [-0.39, 0.29) is 12.5 Å². The molecule has 0 spiro atoms. The molecule has 2 aromatic carbocycles. The zero-order valence-electron chi connectivity index (χ0n) is 13.5. The van der Waals surface area contributed by atoms with E-state index in [9.17, 15) is 10.1 Å². The predicted octanol–water partition coefficient (Wildman–Crippen LogP) is 3.68. The van der Waals surface area contributed by atoms with Crippen LogP contribution in [0.3, 0.4) is 0 Å². The molecular formula is C20H20N2O2. The molecule has 0 aliphatic heterocycles. The van der Waals surface area contributed by atoms with Gasteiger partial charge in [-0.2, -0.15) is 5.26 Å². The summed E-state index contributed by atoms with van der Waals surface area (Å²) in [7, 11) is 0. The van der Waals surface area contributed by atoms with Crippen molar-refractivity contribution in [3.63, 3.8) is 0 Å². The average molecular weight is 320 g/mol. The molecular weight excluding hydrogens is 300 g/mol. The smallest absolute Gasteiger partial charge is 0.259 e. The van der Waals surface area contributed by atoms with Crippen LogP contribution < -0.4 is 10.1 Å². The van der Waals surface area contributed by atoms with Gasteiger partial charge in [-0.05, 0) is 48.9 Å². The van der Waals surface area contributed by atoms with Gasteiger partial charge in [-0.3, -0.25) is 4.79 Å². The summed E-state index contributed by atoms with van der Waals surface area (Å²) in [6.45, 7) is -0.0753. The fraction of sp³-hybridized carbons (Fsp3) is 0.300. The molecule has 0 atom stereocenters. The van der Waals surface area contributed by atoms with E-state index >= 15 is 0 Å². The number of hydrogen-bond acceptors (Lipinski definition) is 3. The van der Waals surface area contributed by atoms with E-state index in [0.717, 1.165) is 36.8 Å². The predicted molar refractivity (Wildman–Crippen MR) is 92.3 cm³/mol. The number of nitrogens with one attached hydrogen (secondary N) is 1. The van der Waals surface area contributed by atoms with Gasteiger partial charge in [-0.25, -0.2) is 0 Å². The molecule has 0 heterocycles. The first kappa shape index (κ1) is 16.1. The minimum atomic E-state index is -0.697. The minimum absolute atomic E-state index is 0.0753. The Morgan fingerprint density at radius 3 is 2.29 bits per heavy atom. The highest BCUT2D eigenvalue weighted by molar-refractivity contribution is 5.79. The van der Waals surface area contributed by atoms with Crippen LogP contribution in [-0.2, 0) is 4.79 Å². The van der Waals surface area contributed by atoms with Crippen LogP contribution in [0.15, 0.2) is 54.6 Å². The average Bonchev–Trinajstić information content (AvgIpc) is 3.10. The standard InChI is InChI=1S/C20H20N2O2/c21-15-20(12-4-5-13-20)22-19(23)14-24-18-10-8-17(9-11-18)16-6-2-1-3-7-16/h1-3,6-11H,4-5,12-14H2,(H,22,23). The molecule has 1 aliphatic rings. The Labute approximate surface area is 142 Å². The summed E-state index contributed by atoms with van der Waals surface area (Å²) in [6.07, 6.45) is 3.41. The Morgan fingerprint density at radius 2 is 1.67 bits per heavy atom. The van der Waals surface area contributed by atoms with E-state index in [4.69, 9.17) is 4.74 Å². The zero-order valence-corrected chi connectivity index (χ0v) is 13.5. The van der Waals surface area contributed by atoms with Crippen molar-refractivity contribution >= 4 is 5.91 Å². The second-order valence-corrected chi connectivity index (χ2v) is 6.13. The molecule has 3 rings (SSSR count). The van der Waals surface area contributed by atoms with Gasteiger partial charge in [-0.1, -0.05) is 42.5 Å². The first-order chi connectivity index (χ1) is 11.7. The maximum atomic E-state index is 12.0. The normalized spacial score (nSPS) is 15.5. The van der Waals surface area contributed by atoms with Crippen LogP contribution in [0.1, 0.15) is 25.7 Å². The van der Waals surface area contributed by atoms with Gasteiger partial charge in [0.15, 0.2) is 6.61 Å². The van der Waals surface area contributed by atoms with Crippen LogP contribution in [-0.4, -0.2) is 18.1 Å². The molecule has 0 aromatic heterocycles. The van der Waals surface area contributed by atoms with Gasteiger partial charge < -0.3 is 10.1 Å². The van der Waals surface area contributed by atoms with Gasteiger partial charge in [0, 0.05) is 0 Å². The van der Waals surface area contributed by atoms with Gasteiger partial charge in [-0.15, -0.1) is 0 Å². The van der Waals surface area contributed by atoms with Gasteiger partial charge in [0.25, 0.3) is 5.91 Å². The van der Waals surface area contributed by atoms with Crippen molar-refractivity contribution in [1.29, 1.82) is 5.26 Å². The molecule has 4 nitrogen and oxygen atoms in total. The highest BCUT2D eigenvalue weighted by Gasteiger charge is 2.35. The summed E-state index contributed by atoms with van der Waals surface area (Å²) in [6, 6.07) is 20.0. The third-order valence-electron chi connectivity index (χ3n) is 4.38. The molecule has 4 heteroatoms. The molecule has 0 saturated heterocycles. The summed E-state index contributed by atoms with van der Waals surface area (Å²) in [5.74, 6) is 0.396. The molecule has 0 radical (unpaired) electrons. The molecule has 0 unspecified atom stereocenters. The Bertz CT molecular complexity index is 726. The summed E-state index contributed by atoms with van der Waals surface area (Å²) in [5, 5.41) is 12.1. The van der Waals surface area contributed by atoms with Crippen LogP contribution in [0.4, 0.5) is 0 Å². The number of amides is 1. The van der Waals surface area contributed by atoms with Crippen LogP contribution in [0, 0.1) is 11.3 Å². The van der Waals surface area contributed by atoms with Crippen molar-refractivity contribution in [3.05, 3.63) is 54.6 Å². The number of nitrogens with zero attached hydrogens (tertiary/aromatic N) is 1. The molecule has 0 bridgehead atoms. The summed E-state index contributed by atoms with van der Waals surface area (Å²) in [4.78, 5) is 12.0. The maximum Gasteiger partial charge on any atom is 0.259 e. The van der Waals surface area contributed by atoms with Crippen molar-refractivity contribution in [1.82, 2.24) is 5.32 Å². The fourth-order valence-electron chi connectivity index (χ4n) is 3.07. The van der Waals surface area contributed by atoms with E-state index in [1.807, 2.05) is 54.6 Å². The summed E-state index contributed by atoms with van der Waals surface area (Å²) >= 11 is 0. The number of carbonyl (C=O) groups is 1. The number of carbonyl (C=O) groups excluding carboxylic acids is 1. The Hall–Kier alpha value is -2.80. The quantitative estimate of drug-likeness (QED) is 0.914. The SMILES string of the molecule is N#CC1(NC(=O)COc2ccc(-c3ccccc3)cc2)CCCC1. The van der Waals surface area contributed by atoms with Gasteiger partial charge in [0.1, 0.15) is 11.3 Å². The first-order valence-electron chi connectivity index (χ1n) is 8.21. The van der Waals surface area contributed by atoms with Crippen LogP contribution in [0.2, 0.25) is 0 Å². The van der Waals surface area contributed by atoms with Gasteiger partial charge in [0.2, 0.25) is 0 Å². The number of hydrogen-bond donors (Lipinski definition) is 1. The fourth-order valence-corrected chi connectivity index (χ4v) is 3.07. The maximum absolute atomic E-state index is 12.0. The molecule has 1 saturated carbocycles. The first-order valence-corrected chi connectivity index (χ1v) is 8.21. The number of nitriles is 1. The van der Waals surface area contributed by atoms with Crippen LogP contribution in [0.25, 0.3) is 11.1 Å². The van der Waals surface area contributed by atoms with Crippen molar-refractivity contribution < 1.29 is 9.53 Å². The van der Waals surface area contributed by atoms with E-state index in [2.05, 4.69) is 11.4 Å². The lowest BCUT2D eigenvalue weighted by atomic mass is 10.00.